The third-order valence-electron chi connectivity index (χ3n) is 4.55. The zero-order chi connectivity index (χ0) is 13.0. The highest BCUT2D eigenvalue weighted by Gasteiger charge is 2.32. The Bertz CT molecular complexity index is 270. The van der Waals surface area contributed by atoms with Crippen LogP contribution in [0.3, 0.4) is 0 Å². The highest BCUT2D eigenvalue weighted by atomic mass is 15.2. The summed E-state index contributed by atoms with van der Waals surface area (Å²) in [6, 6.07) is 1.42. The molecule has 1 aliphatic heterocycles. The Morgan fingerprint density at radius 1 is 1.22 bits per heavy atom. The third kappa shape index (κ3) is 3.83. The van der Waals surface area contributed by atoms with E-state index in [9.17, 15) is 0 Å². The Kier molecular flexibility index (Phi) is 5.25. The molecule has 18 heavy (non-hydrogen) atoms. The van der Waals surface area contributed by atoms with E-state index in [2.05, 4.69) is 30.6 Å². The van der Waals surface area contributed by atoms with Gasteiger partial charge in [0.2, 0.25) is 0 Å². The highest BCUT2D eigenvalue weighted by molar-refractivity contribution is 5.02. The lowest BCUT2D eigenvalue weighted by atomic mass is 9.78. The van der Waals surface area contributed by atoms with Gasteiger partial charge in [-0.25, -0.2) is 0 Å². The van der Waals surface area contributed by atoms with Crippen LogP contribution in [0.4, 0.5) is 0 Å². The Balaban J connectivity index is 1.81. The van der Waals surface area contributed by atoms with E-state index in [0.717, 1.165) is 25.0 Å². The van der Waals surface area contributed by atoms with E-state index < -0.39 is 0 Å². The van der Waals surface area contributed by atoms with E-state index in [0.29, 0.717) is 6.04 Å². The first-order chi connectivity index (χ1) is 8.66. The summed E-state index contributed by atoms with van der Waals surface area (Å²) >= 11 is 0. The van der Waals surface area contributed by atoms with Crippen molar-refractivity contribution >= 4 is 0 Å². The maximum atomic E-state index is 4.25. The largest absolute Gasteiger partial charge is 0.311 e. The molecule has 1 N–H and O–H groups in total. The standard InChI is InChI=1S/C16H30N2/c1-13(2)17-11-14(3)12-18-10-6-8-15-7-4-5-9-16(15)18/h13,15-17H,3-12H2,1-2H3. The molecule has 1 saturated heterocycles. The number of likely N-dealkylation sites (tertiary alicyclic amines) is 1. The lowest BCUT2D eigenvalue weighted by Gasteiger charge is -2.44. The molecule has 2 rings (SSSR count). The molecule has 0 aromatic carbocycles. The van der Waals surface area contributed by atoms with Gasteiger partial charge in [-0.1, -0.05) is 33.3 Å². The first kappa shape index (κ1) is 14.1. The predicted octanol–water partition coefficient (Wildman–Crippen LogP) is 3.20. The van der Waals surface area contributed by atoms with Crippen molar-refractivity contribution in [2.75, 3.05) is 19.6 Å². The van der Waals surface area contributed by atoms with Gasteiger partial charge in [0.05, 0.1) is 0 Å². The summed E-state index contributed by atoms with van der Waals surface area (Å²) in [6.45, 7) is 12.0. The summed E-state index contributed by atoms with van der Waals surface area (Å²) in [4.78, 5) is 2.72. The van der Waals surface area contributed by atoms with Gasteiger partial charge in [0.15, 0.2) is 0 Å². The van der Waals surface area contributed by atoms with Crippen molar-refractivity contribution in [1.29, 1.82) is 0 Å². The Morgan fingerprint density at radius 3 is 2.72 bits per heavy atom. The van der Waals surface area contributed by atoms with Gasteiger partial charge < -0.3 is 5.32 Å². The molecular weight excluding hydrogens is 220 g/mol. The molecule has 1 saturated carbocycles. The predicted molar refractivity (Wildman–Crippen MR) is 78.8 cm³/mol. The Hall–Kier alpha value is -0.340. The van der Waals surface area contributed by atoms with Gasteiger partial charge in [-0.2, -0.15) is 0 Å². The third-order valence-corrected chi connectivity index (χ3v) is 4.55. The zero-order valence-electron chi connectivity index (χ0n) is 12.3. The second kappa shape index (κ2) is 6.72. The van der Waals surface area contributed by atoms with Crippen LogP contribution in [0.5, 0.6) is 0 Å². The summed E-state index contributed by atoms with van der Waals surface area (Å²) in [5, 5.41) is 3.48. The zero-order valence-corrected chi connectivity index (χ0v) is 12.3. The van der Waals surface area contributed by atoms with Crippen LogP contribution in [0.25, 0.3) is 0 Å². The van der Waals surface area contributed by atoms with E-state index in [-0.39, 0.29) is 0 Å². The first-order valence-corrected chi connectivity index (χ1v) is 7.81. The van der Waals surface area contributed by atoms with Crippen LogP contribution in [0.1, 0.15) is 52.4 Å². The highest BCUT2D eigenvalue weighted by Crippen LogP contribution is 2.35. The van der Waals surface area contributed by atoms with Crippen LogP contribution in [-0.4, -0.2) is 36.6 Å². The molecule has 0 amide bonds. The summed E-state index contributed by atoms with van der Waals surface area (Å²) < 4.78 is 0. The number of nitrogens with one attached hydrogen (secondary N) is 1. The number of fused-ring (bicyclic) bond motifs is 1. The first-order valence-electron chi connectivity index (χ1n) is 7.81. The van der Waals surface area contributed by atoms with Gasteiger partial charge in [-0.3, -0.25) is 4.90 Å². The van der Waals surface area contributed by atoms with Crippen molar-refractivity contribution in [3.63, 3.8) is 0 Å². The van der Waals surface area contributed by atoms with Gasteiger partial charge in [0.1, 0.15) is 0 Å². The van der Waals surface area contributed by atoms with E-state index in [4.69, 9.17) is 0 Å². The normalized spacial score (nSPS) is 29.3. The molecule has 0 spiro atoms. The minimum absolute atomic E-state index is 0.561. The topological polar surface area (TPSA) is 15.3 Å². The van der Waals surface area contributed by atoms with Crippen LogP contribution < -0.4 is 5.32 Å². The molecule has 0 aromatic rings. The molecule has 1 heterocycles. The molecule has 0 bridgehead atoms. The molecule has 2 heteroatoms. The maximum absolute atomic E-state index is 4.25. The fourth-order valence-corrected chi connectivity index (χ4v) is 3.62. The van der Waals surface area contributed by atoms with Gasteiger partial charge in [0.25, 0.3) is 0 Å². The molecular formula is C16H30N2. The van der Waals surface area contributed by atoms with Crippen molar-refractivity contribution in [1.82, 2.24) is 10.2 Å². The smallest absolute Gasteiger partial charge is 0.0205 e. The Morgan fingerprint density at radius 2 is 1.94 bits per heavy atom. The monoisotopic (exact) mass is 250 g/mol. The quantitative estimate of drug-likeness (QED) is 0.754. The van der Waals surface area contributed by atoms with E-state index in [1.165, 1.54) is 50.6 Å². The molecule has 2 aliphatic rings. The number of piperidine rings is 1. The second-order valence-corrected chi connectivity index (χ2v) is 6.51. The van der Waals surface area contributed by atoms with E-state index in [1.54, 1.807) is 0 Å². The minimum atomic E-state index is 0.561. The molecule has 2 unspecified atom stereocenters. The average Bonchev–Trinajstić information content (AvgIpc) is 2.37. The van der Waals surface area contributed by atoms with Crippen molar-refractivity contribution in [3.05, 3.63) is 12.2 Å². The molecule has 1 aliphatic carbocycles. The Labute approximate surface area is 113 Å². The fourth-order valence-electron chi connectivity index (χ4n) is 3.62. The molecule has 2 fully saturated rings. The maximum Gasteiger partial charge on any atom is 0.0205 e. The van der Waals surface area contributed by atoms with Gasteiger partial charge in [-0.05, 0) is 43.7 Å². The molecule has 0 aromatic heterocycles. The van der Waals surface area contributed by atoms with E-state index in [1.807, 2.05) is 0 Å². The van der Waals surface area contributed by atoms with Crippen molar-refractivity contribution in [3.8, 4) is 0 Å². The van der Waals surface area contributed by atoms with Crippen LogP contribution in [-0.2, 0) is 0 Å². The molecule has 2 atom stereocenters. The summed E-state index contributed by atoms with van der Waals surface area (Å²) in [7, 11) is 0. The van der Waals surface area contributed by atoms with E-state index >= 15 is 0 Å². The molecule has 0 radical (unpaired) electrons. The SMILES string of the molecule is C=C(CNC(C)C)CN1CCCC2CCCCC21. The molecule has 104 valence electrons. The minimum Gasteiger partial charge on any atom is -0.311 e. The number of hydrogen-bond acceptors (Lipinski definition) is 2. The number of nitrogens with zero attached hydrogens (tertiary/aromatic N) is 1. The number of rotatable bonds is 5. The molecule has 2 nitrogen and oxygen atoms in total. The van der Waals surface area contributed by atoms with Gasteiger partial charge >= 0.3 is 0 Å². The van der Waals surface area contributed by atoms with Crippen LogP contribution in [0, 0.1) is 5.92 Å². The summed E-state index contributed by atoms with van der Waals surface area (Å²) in [5.41, 5.74) is 1.36. The van der Waals surface area contributed by atoms with Gasteiger partial charge in [-0.15, -0.1) is 0 Å². The average molecular weight is 250 g/mol. The lowest BCUT2D eigenvalue weighted by Crippen LogP contribution is -2.47. The fraction of sp³-hybridized carbons (Fsp3) is 0.875. The van der Waals surface area contributed by atoms with Crippen molar-refractivity contribution in [2.45, 2.75) is 64.5 Å². The van der Waals surface area contributed by atoms with Crippen LogP contribution in [0.15, 0.2) is 12.2 Å². The number of hydrogen-bond donors (Lipinski definition) is 1. The van der Waals surface area contributed by atoms with Crippen LogP contribution in [0.2, 0.25) is 0 Å². The van der Waals surface area contributed by atoms with Crippen molar-refractivity contribution < 1.29 is 0 Å². The van der Waals surface area contributed by atoms with Gasteiger partial charge in [0, 0.05) is 25.2 Å². The second-order valence-electron chi connectivity index (χ2n) is 6.51. The van der Waals surface area contributed by atoms with Crippen molar-refractivity contribution in [2.24, 2.45) is 5.92 Å². The van der Waals surface area contributed by atoms with Crippen LogP contribution >= 0.6 is 0 Å². The lowest BCUT2D eigenvalue weighted by molar-refractivity contribution is 0.0686. The summed E-state index contributed by atoms with van der Waals surface area (Å²) in [5.74, 6) is 0.985. The summed E-state index contributed by atoms with van der Waals surface area (Å²) in [6.07, 6.45) is 8.66.